The number of carbonyl (C=O) groups excluding carboxylic acids is 1. The van der Waals surface area contributed by atoms with Gasteiger partial charge >= 0.3 is 0 Å². The lowest BCUT2D eigenvalue weighted by atomic mass is 10.2. The van der Waals surface area contributed by atoms with E-state index in [9.17, 15) is 9.90 Å². The molecular weight excluding hydrogens is 218 g/mol. The van der Waals surface area contributed by atoms with Gasteiger partial charge in [0, 0.05) is 17.7 Å². The predicted molar refractivity (Wildman–Crippen MR) is 62.7 cm³/mol. The zero-order valence-corrected chi connectivity index (χ0v) is 9.43. The third kappa shape index (κ3) is 2.47. The molecule has 1 heterocycles. The molecule has 0 radical (unpaired) electrons. The van der Waals surface area contributed by atoms with Gasteiger partial charge in [0.05, 0.1) is 6.26 Å². The first kappa shape index (κ1) is 11.3. The van der Waals surface area contributed by atoms with E-state index in [-0.39, 0.29) is 18.2 Å². The number of para-hydroxylation sites is 1. The number of rotatable bonds is 3. The topological polar surface area (TPSA) is 62.5 Å². The molecule has 88 valence electrons. The summed E-state index contributed by atoms with van der Waals surface area (Å²) in [7, 11) is 0. The lowest BCUT2D eigenvalue weighted by molar-refractivity contribution is 0.0922. The van der Waals surface area contributed by atoms with Crippen LogP contribution in [-0.2, 0) is 6.54 Å². The molecule has 0 bridgehead atoms. The molecule has 0 fully saturated rings. The first-order chi connectivity index (χ1) is 8.18. The summed E-state index contributed by atoms with van der Waals surface area (Å²) < 4.78 is 5.07. The van der Waals surface area contributed by atoms with Crippen molar-refractivity contribution in [1.29, 1.82) is 0 Å². The van der Waals surface area contributed by atoms with Crippen LogP contribution in [0.15, 0.2) is 41.0 Å². The number of aromatic hydroxyl groups is 1. The molecule has 1 aromatic carbocycles. The standard InChI is InChI=1S/C13H13NO3/c1-9-6-7-17-12(9)13(16)14-8-10-4-2-3-5-11(10)15/h2-7,15H,8H2,1H3,(H,14,16). The van der Waals surface area contributed by atoms with Crippen molar-refractivity contribution >= 4 is 5.91 Å². The minimum absolute atomic E-state index is 0.170. The molecule has 0 aliphatic heterocycles. The van der Waals surface area contributed by atoms with E-state index in [1.165, 1.54) is 6.26 Å². The molecule has 0 spiro atoms. The number of phenolic OH excluding ortho intramolecular Hbond substituents is 1. The van der Waals surface area contributed by atoms with Gasteiger partial charge in [0.1, 0.15) is 5.75 Å². The largest absolute Gasteiger partial charge is 0.508 e. The molecule has 1 aromatic heterocycles. The number of phenols is 1. The molecule has 0 saturated heterocycles. The monoisotopic (exact) mass is 231 g/mol. The van der Waals surface area contributed by atoms with Crippen molar-refractivity contribution in [1.82, 2.24) is 5.32 Å². The van der Waals surface area contributed by atoms with Crippen molar-refractivity contribution in [2.24, 2.45) is 0 Å². The van der Waals surface area contributed by atoms with E-state index in [4.69, 9.17) is 4.42 Å². The zero-order valence-electron chi connectivity index (χ0n) is 9.43. The minimum Gasteiger partial charge on any atom is -0.508 e. The Bertz CT molecular complexity index is 531. The number of carbonyl (C=O) groups is 1. The van der Waals surface area contributed by atoms with E-state index >= 15 is 0 Å². The predicted octanol–water partition coefficient (Wildman–Crippen LogP) is 2.22. The molecule has 17 heavy (non-hydrogen) atoms. The van der Waals surface area contributed by atoms with Gasteiger partial charge < -0.3 is 14.8 Å². The van der Waals surface area contributed by atoms with Crippen molar-refractivity contribution in [2.45, 2.75) is 13.5 Å². The van der Waals surface area contributed by atoms with Crippen LogP contribution in [0, 0.1) is 6.92 Å². The highest BCUT2D eigenvalue weighted by molar-refractivity contribution is 5.92. The second kappa shape index (κ2) is 4.74. The van der Waals surface area contributed by atoms with Crippen molar-refractivity contribution in [3.8, 4) is 5.75 Å². The number of hydrogen-bond acceptors (Lipinski definition) is 3. The number of furan rings is 1. The van der Waals surface area contributed by atoms with Crippen LogP contribution in [0.3, 0.4) is 0 Å². The fourth-order valence-electron chi connectivity index (χ4n) is 1.52. The SMILES string of the molecule is Cc1ccoc1C(=O)NCc1ccccc1O. The second-order valence-corrected chi connectivity index (χ2v) is 3.74. The van der Waals surface area contributed by atoms with E-state index in [1.807, 2.05) is 0 Å². The van der Waals surface area contributed by atoms with Gasteiger partial charge in [-0.25, -0.2) is 0 Å². The van der Waals surface area contributed by atoms with Crippen LogP contribution in [0.25, 0.3) is 0 Å². The summed E-state index contributed by atoms with van der Waals surface area (Å²) in [6, 6.07) is 8.61. The molecule has 0 aliphatic rings. The Labute approximate surface area is 98.9 Å². The molecule has 0 saturated carbocycles. The molecule has 2 aromatic rings. The highest BCUT2D eigenvalue weighted by Gasteiger charge is 2.12. The van der Waals surface area contributed by atoms with E-state index in [0.29, 0.717) is 11.3 Å². The lowest BCUT2D eigenvalue weighted by Crippen LogP contribution is -2.22. The number of nitrogens with one attached hydrogen (secondary N) is 1. The number of benzene rings is 1. The van der Waals surface area contributed by atoms with Crippen molar-refractivity contribution in [2.75, 3.05) is 0 Å². The van der Waals surface area contributed by atoms with E-state index in [2.05, 4.69) is 5.32 Å². The van der Waals surface area contributed by atoms with Crippen LogP contribution in [0.2, 0.25) is 0 Å². The Balaban J connectivity index is 2.02. The third-order valence-corrected chi connectivity index (χ3v) is 2.50. The lowest BCUT2D eigenvalue weighted by Gasteiger charge is -2.05. The Hall–Kier alpha value is -2.23. The molecule has 2 N–H and O–H groups in total. The number of hydrogen-bond donors (Lipinski definition) is 2. The normalized spacial score (nSPS) is 10.2. The molecule has 2 rings (SSSR count). The summed E-state index contributed by atoms with van der Waals surface area (Å²) in [6.45, 7) is 2.07. The van der Waals surface area contributed by atoms with Gasteiger partial charge in [-0.05, 0) is 19.1 Å². The molecule has 0 aliphatic carbocycles. The Morgan fingerprint density at radius 2 is 2.12 bits per heavy atom. The van der Waals surface area contributed by atoms with E-state index in [1.54, 1.807) is 37.3 Å². The molecular formula is C13H13NO3. The van der Waals surface area contributed by atoms with Gasteiger partial charge in [-0.1, -0.05) is 18.2 Å². The second-order valence-electron chi connectivity index (χ2n) is 3.74. The summed E-state index contributed by atoms with van der Waals surface area (Å²) in [5.41, 5.74) is 1.46. The maximum Gasteiger partial charge on any atom is 0.287 e. The van der Waals surface area contributed by atoms with Crippen molar-refractivity contribution in [3.05, 3.63) is 53.5 Å². The summed E-state index contributed by atoms with van der Waals surface area (Å²) in [5, 5.41) is 12.2. The molecule has 0 atom stereocenters. The molecule has 4 heteroatoms. The maximum absolute atomic E-state index is 11.7. The summed E-state index contributed by atoms with van der Waals surface area (Å²) in [4.78, 5) is 11.7. The Morgan fingerprint density at radius 1 is 1.35 bits per heavy atom. The van der Waals surface area contributed by atoms with Gasteiger partial charge in [0.25, 0.3) is 5.91 Å². The number of aryl methyl sites for hydroxylation is 1. The first-order valence-electron chi connectivity index (χ1n) is 5.27. The van der Waals surface area contributed by atoms with E-state index in [0.717, 1.165) is 5.56 Å². The van der Waals surface area contributed by atoms with Crippen LogP contribution < -0.4 is 5.32 Å². The fourth-order valence-corrected chi connectivity index (χ4v) is 1.52. The summed E-state index contributed by atoms with van der Waals surface area (Å²) in [5.74, 6) is 0.195. The van der Waals surface area contributed by atoms with Crippen LogP contribution in [-0.4, -0.2) is 11.0 Å². The maximum atomic E-state index is 11.7. The van der Waals surface area contributed by atoms with E-state index < -0.39 is 0 Å². The zero-order chi connectivity index (χ0) is 12.3. The smallest absolute Gasteiger partial charge is 0.287 e. The minimum atomic E-state index is -0.282. The van der Waals surface area contributed by atoms with Crippen LogP contribution in [0.1, 0.15) is 21.7 Å². The highest BCUT2D eigenvalue weighted by Crippen LogP contribution is 2.15. The molecule has 1 amide bonds. The van der Waals surface area contributed by atoms with Crippen LogP contribution in [0.4, 0.5) is 0 Å². The van der Waals surface area contributed by atoms with Crippen LogP contribution in [0.5, 0.6) is 5.75 Å². The summed E-state index contributed by atoms with van der Waals surface area (Å²) >= 11 is 0. The highest BCUT2D eigenvalue weighted by atomic mass is 16.3. The summed E-state index contributed by atoms with van der Waals surface area (Å²) in [6.07, 6.45) is 1.48. The average Bonchev–Trinajstić information content (AvgIpc) is 2.74. The Kier molecular flexibility index (Phi) is 3.14. The first-order valence-corrected chi connectivity index (χ1v) is 5.27. The van der Waals surface area contributed by atoms with Crippen molar-refractivity contribution in [3.63, 3.8) is 0 Å². The van der Waals surface area contributed by atoms with Gasteiger partial charge in [0.2, 0.25) is 0 Å². The van der Waals surface area contributed by atoms with Gasteiger partial charge in [0.15, 0.2) is 5.76 Å². The third-order valence-electron chi connectivity index (χ3n) is 2.50. The van der Waals surface area contributed by atoms with Crippen molar-refractivity contribution < 1.29 is 14.3 Å². The molecule has 4 nitrogen and oxygen atoms in total. The average molecular weight is 231 g/mol. The number of amides is 1. The Morgan fingerprint density at radius 3 is 2.76 bits per heavy atom. The van der Waals surface area contributed by atoms with Gasteiger partial charge in [-0.2, -0.15) is 0 Å². The quantitative estimate of drug-likeness (QED) is 0.851. The van der Waals surface area contributed by atoms with Crippen LogP contribution >= 0.6 is 0 Å². The van der Waals surface area contributed by atoms with Gasteiger partial charge in [-0.15, -0.1) is 0 Å². The molecule has 0 unspecified atom stereocenters. The fraction of sp³-hybridized carbons (Fsp3) is 0.154. The van der Waals surface area contributed by atoms with Gasteiger partial charge in [-0.3, -0.25) is 4.79 Å².